The van der Waals surface area contributed by atoms with E-state index in [1.807, 2.05) is 0 Å². The number of rotatable bonds is 0. The molecule has 0 saturated heterocycles. The summed E-state index contributed by atoms with van der Waals surface area (Å²) in [4.78, 5) is 24.3. The van der Waals surface area contributed by atoms with Gasteiger partial charge in [-0.05, 0) is 49.4 Å². The second-order valence-corrected chi connectivity index (χ2v) is 6.67. The molecule has 4 aliphatic rings. The lowest BCUT2D eigenvalue weighted by Gasteiger charge is -2.35. The highest BCUT2D eigenvalue weighted by Gasteiger charge is 2.63. The SMILES string of the molecule is Cn1c(=O)n2n(c1=O)[C@H]1C[C@H]2[C@H]2[C@@H]3CC[C@H](C3)[C@@H]21. The van der Waals surface area contributed by atoms with Gasteiger partial charge in [0.25, 0.3) is 0 Å². The zero-order valence-corrected chi connectivity index (χ0v) is 10.5. The predicted molar refractivity (Wildman–Crippen MR) is 64.4 cm³/mol. The van der Waals surface area contributed by atoms with E-state index in [-0.39, 0.29) is 11.4 Å². The maximum absolute atomic E-state index is 12.2. The van der Waals surface area contributed by atoms with Crippen LogP contribution in [-0.4, -0.2) is 13.9 Å². The van der Waals surface area contributed by atoms with Gasteiger partial charge in [-0.2, -0.15) is 0 Å². The fourth-order valence-corrected chi connectivity index (χ4v) is 5.79. The first kappa shape index (κ1) is 9.64. The van der Waals surface area contributed by atoms with E-state index in [0.29, 0.717) is 23.9 Å². The smallest absolute Gasteiger partial charge is 0.246 e. The summed E-state index contributed by atoms with van der Waals surface area (Å²) in [5.41, 5.74) is -0.206. The fourth-order valence-electron chi connectivity index (χ4n) is 5.79. The van der Waals surface area contributed by atoms with Gasteiger partial charge < -0.3 is 0 Å². The average molecular weight is 247 g/mol. The lowest BCUT2D eigenvalue weighted by Crippen LogP contribution is -2.39. The summed E-state index contributed by atoms with van der Waals surface area (Å²) >= 11 is 0. The molecule has 1 aromatic rings. The van der Waals surface area contributed by atoms with Gasteiger partial charge in [-0.3, -0.25) is 0 Å². The molecule has 0 N–H and O–H groups in total. The van der Waals surface area contributed by atoms with Crippen LogP contribution in [0.3, 0.4) is 0 Å². The molecule has 3 fully saturated rings. The minimum absolute atomic E-state index is 0.103. The van der Waals surface area contributed by atoms with Crippen LogP contribution < -0.4 is 11.4 Å². The molecule has 5 rings (SSSR count). The molecule has 1 aliphatic heterocycles. The zero-order valence-electron chi connectivity index (χ0n) is 10.5. The first-order valence-electron chi connectivity index (χ1n) is 7.08. The molecule has 0 radical (unpaired) electrons. The van der Waals surface area contributed by atoms with Crippen molar-refractivity contribution in [1.29, 1.82) is 0 Å². The van der Waals surface area contributed by atoms with Crippen LogP contribution in [0.4, 0.5) is 0 Å². The summed E-state index contributed by atoms with van der Waals surface area (Å²) in [5, 5.41) is 0. The van der Waals surface area contributed by atoms with Crippen LogP contribution in [0.25, 0.3) is 0 Å². The van der Waals surface area contributed by atoms with Crippen LogP contribution in [0, 0.1) is 23.7 Å². The van der Waals surface area contributed by atoms with Crippen molar-refractivity contribution < 1.29 is 0 Å². The largest absolute Gasteiger partial charge is 0.347 e. The van der Waals surface area contributed by atoms with Crippen molar-refractivity contribution >= 4 is 0 Å². The van der Waals surface area contributed by atoms with Crippen LogP contribution in [0.15, 0.2) is 9.59 Å². The summed E-state index contributed by atoms with van der Waals surface area (Å²) in [5.74, 6) is 3.03. The molecule has 0 unspecified atom stereocenters. The lowest BCUT2D eigenvalue weighted by atomic mass is 9.78. The molecule has 0 aromatic carbocycles. The maximum atomic E-state index is 12.2. The van der Waals surface area contributed by atoms with Crippen molar-refractivity contribution in [2.24, 2.45) is 30.7 Å². The maximum Gasteiger partial charge on any atom is 0.347 e. The Bertz CT molecular complexity index is 613. The van der Waals surface area contributed by atoms with Gasteiger partial charge in [-0.25, -0.2) is 23.5 Å². The lowest BCUT2D eigenvalue weighted by molar-refractivity contribution is 0.127. The van der Waals surface area contributed by atoms with Crippen molar-refractivity contribution in [3.8, 4) is 0 Å². The Hall–Kier alpha value is -1.26. The van der Waals surface area contributed by atoms with Crippen molar-refractivity contribution in [3.63, 3.8) is 0 Å². The average Bonchev–Trinajstić information content (AvgIpc) is 3.11. The topological polar surface area (TPSA) is 48.9 Å². The van der Waals surface area contributed by atoms with Gasteiger partial charge in [0.1, 0.15) is 0 Å². The Morgan fingerprint density at radius 2 is 1.39 bits per heavy atom. The van der Waals surface area contributed by atoms with E-state index in [2.05, 4.69) is 0 Å². The minimum atomic E-state index is -0.103. The fraction of sp³-hybridized carbons (Fsp3) is 0.846. The van der Waals surface area contributed by atoms with Crippen molar-refractivity contribution in [3.05, 3.63) is 21.0 Å². The van der Waals surface area contributed by atoms with E-state index in [4.69, 9.17) is 0 Å². The van der Waals surface area contributed by atoms with Crippen LogP contribution >= 0.6 is 0 Å². The molecule has 6 atom stereocenters. The number of aromatic nitrogens is 3. The normalized spacial score (nSPS) is 46.7. The summed E-state index contributed by atoms with van der Waals surface area (Å²) in [6, 6.07) is 0.633. The van der Waals surface area contributed by atoms with Gasteiger partial charge in [0.05, 0.1) is 12.1 Å². The third-order valence-electron chi connectivity index (χ3n) is 6.24. The zero-order chi connectivity index (χ0) is 12.2. The first-order chi connectivity index (χ1) is 8.68. The minimum Gasteiger partial charge on any atom is -0.246 e. The van der Waals surface area contributed by atoms with E-state index < -0.39 is 0 Å². The summed E-state index contributed by atoms with van der Waals surface area (Å²) in [7, 11) is 1.60. The molecule has 2 heterocycles. The van der Waals surface area contributed by atoms with E-state index in [1.54, 1.807) is 16.4 Å². The van der Waals surface area contributed by atoms with E-state index in [1.165, 1.54) is 23.8 Å². The molecule has 0 spiro atoms. The third kappa shape index (κ3) is 0.780. The highest BCUT2D eigenvalue weighted by atomic mass is 16.2. The number of nitrogens with zero attached hydrogens (tertiary/aromatic N) is 3. The Balaban J connectivity index is 1.78. The molecule has 18 heavy (non-hydrogen) atoms. The first-order valence-corrected chi connectivity index (χ1v) is 7.08. The van der Waals surface area contributed by atoms with E-state index in [0.717, 1.165) is 18.3 Å². The van der Waals surface area contributed by atoms with Gasteiger partial charge in [0.15, 0.2) is 0 Å². The van der Waals surface area contributed by atoms with Gasteiger partial charge in [0.2, 0.25) is 0 Å². The Morgan fingerprint density at radius 1 is 0.889 bits per heavy atom. The number of hydrogen-bond donors (Lipinski definition) is 0. The standard InChI is InChI=1S/C13H17N3O2/c1-14-12(17)15-8-5-9(16(15)13(14)18)11-7-3-2-6(4-7)10(8)11/h6-11H,2-5H2,1H3/t6-,7-,8+,9+,10-,11-/m1/s1. The highest BCUT2D eigenvalue weighted by molar-refractivity contribution is 5.12. The van der Waals surface area contributed by atoms with Gasteiger partial charge in [-0.1, -0.05) is 0 Å². The van der Waals surface area contributed by atoms with Crippen molar-refractivity contribution in [2.45, 2.75) is 37.8 Å². The highest BCUT2D eigenvalue weighted by Crippen LogP contribution is 2.66. The molecule has 1 aromatic heterocycles. The summed E-state index contributed by atoms with van der Waals surface area (Å²) in [6.07, 6.45) is 5.08. The molecule has 96 valence electrons. The van der Waals surface area contributed by atoms with Gasteiger partial charge >= 0.3 is 11.4 Å². The molecule has 3 saturated carbocycles. The monoisotopic (exact) mass is 247 g/mol. The van der Waals surface area contributed by atoms with E-state index in [9.17, 15) is 9.59 Å². The predicted octanol–water partition coefficient (Wildman–Crippen LogP) is 0.510. The van der Waals surface area contributed by atoms with Crippen LogP contribution in [-0.2, 0) is 7.05 Å². The Labute approximate surface area is 104 Å². The van der Waals surface area contributed by atoms with Gasteiger partial charge in [0, 0.05) is 7.05 Å². The second kappa shape index (κ2) is 2.68. The van der Waals surface area contributed by atoms with Crippen molar-refractivity contribution in [2.75, 3.05) is 0 Å². The molecular weight excluding hydrogens is 230 g/mol. The Kier molecular flexibility index (Phi) is 1.43. The second-order valence-electron chi connectivity index (χ2n) is 6.67. The van der Waals surface area contributed by atoms with E-state index >= 15 is 0 Å². The summed E-state index contributed by atoms with van der Waals surface area (Å²) in [6.45, 7) is 0. The molecule has 5 nitrogen and oxygen atoms in total. The Morgan fingerprint density at radius 3 is 1.89 bits per heavy atom. The molecule has 4 bridgehead atoms. The quantitative estimate of drug-likeness (QED) is 0.627. The van der Waals surface area contributed by atoms with Crippen LogP contribution in [0.1, 0.15) is 37.8 Å². The number of fused-ring (bicyclic) bond motifs is 12. The molecule has 3 aliphatic carbocycles. The molecule has 0 amide bonds. The summed E-state index contributed by atoms with van der Waals surface area (Å²) < 4.78 is 4.85. The van der Waals surface area contributed by atoms with Crippen LogP contribution in [0.2, 0.25) is 0 Å². The van der Waals surface area contributed by atoms with Crippen molar-refractivity contribution in [1.82, 2.24) is 13.9 Å². The van der Waals surface area contributed by atoms with Gasteiger partial charge in [-0.15, -0.1) is 0 Å². The molecule has 5 heteroatoms. The molecular formula is C13H17N3O2. The van der Waals surface area contributed by atoms with Crippen LogP contribution in [0.5, 0.6) is 0 Å². The number of hydrogen-bond acceptors (Lipinski definition) is 2. The third-order valence-corrected chi connectivity index (χ3v) is 6.24.